The van der Waals surface area contributed by atoms with Gasteiger partial charge in [0.2, 0.25) is 0 Å². The maximum Gasteiger partial charge on any atom is 0.259 e. The summed E-state index contributed by atoms with van der Waals surface area (Å²) in [5.41, 5.74) is 1.23. The Labute approximate surface area is 133 Å². The highest BCUT2D eigenvalue weighted by atomic mass is 16.3. The van der Waals surface area contributed by atoms with E-state index in [0.29, 0.717) is 16.8 Å². The van der Waals surface area contributed by atoms with Crippen LogP contribution in [0.3, 0.4) is 0 Å². The minimum Gasteiger partial charge on any atom is -0.505 e. The van der Waals surface area contributed by atoms with Gasteiger partial charge in [-0.15, -0.1) is 0 Å². The van der Waals surface area contributed by atoms with E-state index >= 15 is 0 Å². The van der Waals surface area contributed by atoms with Crippen molar-refractivity contribution in [1.29, 1.82) is 5.26 Å². The molecule has 3 rings (SSSR count). The molecule has 0 aliphatic heterocycles. The van der Waals surface area contributed by atoms with Gasteiger partial charge in [0.05, 0.1) is 16.8 Å². The fourth-order valence-electron chi connectivity index (χ4n) is 2.19. The Balaban J connectivity index is 0.00000192. The van der Waals surface area contributed by atoms with Gasteiger partial charge >= 0.3 is 0 Å². The number of nitriles is 1. The summed E-state index contributed by atoms with van der Waals surface area (Å²) >= 11 is 0. The smallest absolute Gasteiger partial charge is 0.259 e. The van der Waals surface area contributed by atoms with E-state index in [1.165, 1.54) is 6.07 Å². The van der Waals surface area contributed by atoms with Crippen LogP contribution in [0, 0.1) is 11.3 Å². The number of phenolic OH excluding ortho intramolecular Hbond substituents is 1. The summed E-state index contributed by atoms with van der Waals surface area (Å²) in [4.78, 5) is 16.4. The van der Waals surface area contributed by atoms with E-state index < -0.39 is 5.91 Å². The first kappa shape index (κ1) is 16.0. The van der Waals surface area contributed by atoms with Crippen LogP contribution < -0.4 is 5.32 Å². The fourth-order valence-corrected chi connectivity index (χ4v) is 2.19. The highest BCUT2D eigenvalue weighted by molar-refractivity contribution is 6.09. The number of fused-ring (bicyclic) bond motifs is 1. The van der Waals surface area contributed by atoms with E-state index in [9.17, 15) is 9.90 Å². The van der Waals surface area contributed by atoms with E-state index in [4.69, 9.17) is 5.26 Å². The Kier molecular flexibility index (Phi) is 4.58. The van der Waals surface area contributed by atoms with E-state index in [-0.39, 0.29) is 18.7 Å². The lowest BCUT2D eigenvalue weighted by molar-refractivity contribution is 0.102. The molecule has 0 fully saturated rings. The average molecular weight is 305 g/mol. The molecule has 0 saturated heterocycles. The molecule has 23 heavy (non-hydrogen) atoms. The molecular formula is C18H15N3O2. The Hall–Kier alpha value is -3.39. The Morgan fingerprint density at radius 3 is 2.70 bits per heavy atom. The van der Waals surface area contributed by atoms with Crippen LogP contribution in [0.25, 0.3) is 10.9 Å². The average Bonchev–Trinajstić information content (AvgIpc) is 2.56. The third kappa shape index (κ3) is 2.97. The summed E-state index contributed by atoms with van der Waals surface area (Å²) in [5, 5.41) is 22.7. The van der Waals surface area contributed by atoms with Crippen LogP contribution in [0.1, 0.15) is 23.3 Å². The van der Waals surface area contributed by atoms with Gasteiger partial charge in [-0.05, 0) is 24.3 Å². The lowest BCUT2D eigenvalue weighted by Gasteiger charge is -2.09. The standard InChI is InChI=1S/C17H11N3O2.CH4/c18-10-12-4-1-2-6-14(12)20-17(22)13-8-7-11-5-3-9-19-15(11)16(13)21;/h1-9,21H,(H,20,22);1H4. The molecule has 1 heterocycles. The van der Waals surface area contributed by atoms with Crippen LogP contribution >= 0.6 is 0 Å². The molecule has 0 atom stereocenters. The number of pyridine rings is 1. The topological polar surface area (TPSA) is 86.0 Å². The molecular weight excluding hydrogens is 290 g/mol. The molecule has 2 N–H and O–H groups in total. The number of carbonyl (C=O) groups is 1. The largest absolute Gasteiger partial charge is 0.505 e. The second-order valence-electron chi connectivity index (χ2n) is 4.65. The number of benzene rings is 2. The molecule has 5 nitrogen and oxygen atoms in total. The minimum atomic E-state index is -0.493. The first-order valence-corrected chi connectivity index (χ1v) is 6.58. The van der Waals surface area contributed by atoms with Crippen molar-refractivity contribution in [3.63, 3.8) is 0 Å². The second-order valence-corrected chi connectivity index (χ2v) is 4.65. The van der Waals surface area contributed by atoms with Crippen LogP contribution in [0.2, 0.25) is 0 Å². The number of nitrogens with zero attached hydrogens (tertiary/aromatic N) is 2. The Bertz CT molecular complexity index is 914. The van der Waals surface area contributed by atoms with Gasteiger partial charge in [0, 0.05) is 11.6 Å². The number of anilines is 1. The van der Waals surface area contributed by atoms with Crippen LogP contribution in [0.5, 0.6) is 5.75 Å². The minimum absolute atomic E-state index is 0. The fraction of sp³-hybridized carbons (Fsp3) is 0.0556. The number of carbonyl (C=O) groups excluding carboxylic acids is 1. The number of nitrogens with one attached hydrogen (secondary N) is 1. The van der Waals surface area contributed by atoms with Gasteiger partial charge in [-0.2, -0.15) is 5.26 Å². The van der Waals surface area contributed by atoms with Crippen molar-refractivity contribution in [2.75, 3.05) is 5.32 Å². The molecule has 3 aromatic rings. The van der Waals surface area contributed by atoms with E-state index in [0.717, 1.165) is 5.39 Å². The zero-order valence-electron chi connectivity index (χ0n) is 11.4. The lowest BCUT2D eigenvalue weighted by atomic mass is 10.1. The van der Waals surface area contributed by atoms with Crippen molar-refractivity contribution in [2.24, 2.45) is 0 Å². The van der Waals surface area contributed by atoms with Gasteiger partial charge in [0.15, 0.2) is 5.75 Å². The molecule has 1 amide bonds. The second kappa shape index (κ2) is 6.58. The molecule has 2 aromatic carbocycles. The van der Waals surface area contributed by atoms with Crippen molar-refractivity contribution in [2.45, 2.75) is 7.43 Å². The van der Waals surface area contributed by atoms with Gasteiger partial charge in [-0.3, -0.25) is 9.78 Å². The lowest BCUT2D eigenvalue weighted by Crippen LogP contribution is -2.13. The van der Waals surface area contributed by atoms with Crippen LogP contribution in [-0.2, 0) is 0 Å². The zero-order valence-corrected chi connectivity index (χ0v) is 11.4. The number of hydrogen-bond acceptors (Lipinski definition) is 4. The number of amides is 1. The van der Waals surface area contributed by atoms with Crippen LogP contribution in [0.4, 0.5) is 5.69 Å². The number of rotatable bonds is 2. The van der Waals surface area contributed by atoms with Gasteiger partial charge < -0.3 is 10.4 Å². The first-order valence-electron chi connectivity index (χ1n) is 6.58. The van der Waals surface area contributed by atoms with Gasteiger partial charge in [-0.1, -0.05) is 31.7 Å². The molecule has 114 valence electrons. The highest BCUT2D eigenvalue weighted by Crippen LogP contribution is 2.27. The third-order valence-corrected chi connectivity index (χ3v) is 3.29. The summed E-state index contributed by atoms with van der Waals surface area (Å²) < 4.78 is 0. The summed E-state index contributed by atoms with van der Waals surface area (Å²) in [5.74, 6) is -0.669. The quantitative estimate of drug-likeness (QED) is 0.756. The number of aromatic hydroxyl groups is 1. The molecule has 0 unspecified atom stereocenters. The van der Waals surface area contributed by atoms with Gasteiger partial charge in [0.1, 0.15) is 11.6 Å². The van der Waals surface area contributed by atoms with Crippen LogP contribution in [-0.4, -0.2) is 16.0 Å². The molecule has 0 radical (unpaired) electrons. The number of para-hydroxylation sites is 1. The van der Waals surface area contributed by atoms with Crippen molar-refractivity contribution >= 4 is 22.5 Å². The zero-order chi connectivity index (χ0) is 15.5. The summed E-state index contributed by atoms with van der Waals surface area (Å²) in [7, 11) is 0. The predicted octanol–water partition coefficient (Wildman–Crippen LogP) is 3.70. The van der Waals surface area contributed by atoms with Crippen molar-refractivity contribution < 1.29 is 9.90 Å². The molecule has 0 aliphatic rings. The summed E-state index contributed by atoms with van der Waals surface area (Å²) in [6.45, 7) is 0. The predicted molar refractivity (Wildman–Crippen MR) is 89.2 cm³/mol. The van der Waals surface area contributed by atoms with Crippen molar-refractivity contribution in [3.05, 3.63) is 65.9 Å². The summed E-state index contributed by atoms with van der Waals surface area (Å²) in [6, 6.07) is 15.5. The molecule has 0 aliphatic carbocycles. The number of aromatic nitrogens is 1. The maximum absolute atomic E-state index is 12.3. The monoisotopic (exact) mass is 305 g/mol. The molecule has 0 spiro atoms. The van der Waals surface area contributed by atoms with Crippen molar-refractivity contribution in [3.8, 4) is 11.8 Å². The number of hydrogen-bond donors (Lipinski definition) is 2. The molecule has 5 heteroatoms. The van der Waals surface area contributed by atoms with Crippen LogP contribution in [0.15, 0.2) is 54.7 Å². The first-order chi connectivity index (χ1) is 10.7. The summed E-state index contributed by atoms with van der Waals surface area (Å²) in [6.07, 6.45) is 1.55. The molecule has 1 aromatic heterocycles. The molecule has 0 bridgehead atoms. The van der Waals surface area contributed by atoms with Crippen molar-refractivity contribution in [1.82, 2.24) is 4.98 Å². The van der Waals surface area contributed by atoms with E-state index in [2.05, 4.69) is 10.3 Å². The molecule has 0 saturated carbocycles. The highest BCUT2D eigenvalue weighted by Gasteiger charge is 2.15. The Morgan fingerprint density at radius 2 is 1.91 bits per heavy atom. The van der Waals surface area contributed by atoms with Gasteiger partial charge in [-0.25, -0.2) is 0 Å². The Morgan fingerprint density at radius 1 is 1.13 bits per heavy atom. The van der Waals surface area contributed by atoms with E-state index in [1.807, 2.05) is 6.07 Å². The third-order valence-electron chi connectivity index (χ3n) is 3.29. The van der Waals surface area contributed by atoms with Gasteiger partial charge in [0.25, 0.3) is 5.91 Å². The SMILES string of the molecule is C.N#Cc1ccccc1NC(=O)c1ccc2cccnc2c1O. The normalized spacial score (nSPS) is 9.70. The van der Waals surface area contributed by atoms with E-state index in [1.54, 1.807) is 48.7 Å². The number of phenols is 1. The maximum atomic E-state index is 12.3.